The van der Waals surface area contributed by atoms with Crippen molar-refractivity contribution in [3.8, 4) is 0 Å². The average molecular weight is 278 g/mol. The molecule has 0 radical (unpaired) electrons. The number of hydrogen-bond acceptors (Lipinski definition) is 4. The van der Waals surface area contributed by atoms with Crippen LogP contribution >= 0.6 is 11.3 Å². The predicted molar refractivity (Wildman–Crippen MR) is 79.5 cm³/mol. The lowest BCUT2D eigenvalue weighted by Crippen LogP contribution is -2.13. The molecule has 4 nitrogen and oxygen atoms in total. The van der Waals surface area contributed by atoms with Crippen LogP contribution in [0.4, 0.5) is 0 Å². The van der Waals surface area contributed by atoms with Crippen molar-refractivity contribution < 1.29 is 0 Å². The second-order valence-electron chi connectivity index (χ2n) is 5.05. The highest BCUT2D eigenvalue weighted by Gasteiger charge is 2.06. The molecule has 0 amide bonds. The third-order valence-corrected chi connectivity index (χ3v) is 4.02. The molecular formula is C14H22N4S. The zero-order chi connectivity index (χ0) is 13.7. The first kappa shape index (κ1) is 14.2. The Morgan fingerprint density at radius 1 is 1.37 bits per heavy atom. The molecule has 2 rings (SSSR count). The molecule has 0 unspecified atom stereocenters. The van der Waals surface area contributed by atoms with Crippen molar-refractivity contribution in [3.63, 3.8) is 0 Å². The van der Waals surface area contributed by atoms with Crippen molar-refractivity contribution in [2.45, 2.75) is 46.2 Å². The van der Waals surface area contributed by atoms with Crippen molar-refractivity contribution in [2.75, 3.05) is 6.54 Å². The van der Waals surface area contributed by atoms with Gasteiger partial charge in [-0.2, -0.15) is 0 Å². The van der Waals surface area contributed by atoms with Crippen LogP contribution in [0.15, 0.2) is 17.9 Å². The maximum Gasteiger partial charge on any atom is 0.0954 e. The number of hydrogen-bond donors (Lipinski definition) is 1. The summed E-state index contributed by atoms with van der Waals surface area (Å²) in [6.07, 6.45) is 5.13. The second-order valence-corrected chi connectivity index (χ2v) is 5.94. The van der Waals surface area contributed by atoms with E-state index in [-0.39, 0.29) is 0 Å². The summed E-state index contributed by atoms with van der Waals surface area (Å²) in [5, 5.41) is 6.71. The van der Waals surface area contributed by atoms with Crippen LogP contribution < -0.4 is 5.32 Å². The molecule has 0 fully saturated rings. The monoisotopic (exact) mass is 278 g/mol. The van der Waals surface area contributed by atoms with E-state index in [4.69, 9.17) is 0 Å². The Balaban J connectivity index is 1.91. The summed E-state index contributed by atoms with van der Waals surface area (Å²) in [5.74, 6) is 0.510. The van der Waals surface area contributed by atoms with E-state index in [9.17, 15) is 0 Å². The maximum atomic E-state index is 4.64. The van der Waals surface area contributed by atoms with Crippen LogP contribution in [0, 0.1) is 0 Å². The van der Waals surface area contributed by atoms with Crippen LogP contribution in [0.25, 0.3) is 0 Å². The van der Waals surface area contributed by atoms with E-state index >= 15 is 0 Å². The Kier molecular flexibility index (Phi) is 5.10. The molecule has 2 aromatic rings. The zero-order valence-corrected chi connectivity index (χ0v) is 12.7. The van der Waals surface area contributed by atoms with Crippen molar-refractivity contribution in [2.24, 2.45) is 0 Å². The van der Waals surface area contributed by atoms with Gasteiger partial charge in [0.1, 0.15) is 0 Å². The van der Waals surface area contributed by atoms with Gasteiger partial charge < -0.3 is 9.88 Å². The van der Waals surface area contributed by atoms with E-state index in [1.165, 1.54) is 5.01 Å². The van der Waals surface area contributed by atoms with Gasteiger partial charge in [-0.1, -0.05) is 20.8 Å². The third kappa shape index (κ3) is 4.14. The highest BCUT2D eigenvalue weighted by atomic mass is 32.1. The van der Waals surface area contributed by atoms with Gasteiger partial charge in [-0.15, -0.1) is 11.3 Å². The maximum absolute atomic E-state index is 4.64. The molecule has 19 heavy (non-hydrogen) atoms. The minimum absolute atomic E-state index is 0.510. The molecule has 0 bridgehead atoms. The number of nitrogens with one attached hydrogen (secondary N) is 1. The summed E-state index contributed by atoms with van der Waals surface area (Å²) in [4.78, 5) is 9.05. The Bertz CT molecular complexity index is 501. The summed E-state index contributed by atoms with van der Waals surface area (Å²) in [7, 11) is 0. The van der Waals surface area contributed by atoms with Gasteiger partial charge in [-0.3, -0.25) is 0 Å². The Hall–Kier alpha value is -1.20. The zero-order valence-electron chi connectivity index (χ0n) is 11.9. The normalized spacial score (nSPS) is 11.4. The smallest absolute Gasteiger partial charge is 0.0954 e. The number of nitrogens with zero attached hydrogens (tertiary/aromatic N) is 3. The number of rotatable bonds is 7. The minimum atomic E-state index is 0.510. The topological polar surface area (TPSA) is 42.7 Å². The quantitative estimate of drug-likeness (QED) is 0.792. The highest BCUT2D eigenvalue weighted by Crippen LogP contribution is 2.19. The lowest BCUT2D eigenvalue weighted by Gasteiger charge is -2.00. The van der Waals surface area contributed by atoms with E-state index in [1.807, 2.05) is 6.33 Å². The lowest BCUT2D eigenvalue weighted by molar-refractivity contribution is 0.665. The molecule has 0 aliphatic heterocycles. The van der Waals surface area contributed by atoms with Crippen LogP contribution in [-0.4, -0.2) is 21.1 Å². The Morgan fingerprint density at radius 2 is 2.21 bits per heavy atom. The fraction of sp³-hybridized carbons (Fsp3) is 0.571. The molecule has 1 N–H and O–H groups in total. The van der Waals surface area contributed by atoms with Crippen molar-refractivity contribution in [1.82, 2.24) is 19.9 Å². The van der Waals surface area contributed by atoms with E-state index < -0.39 is 0 Å². The second kappa shape index (κ2) is 6.82. The first-order valence-corrected chi connectivity index (χ1v) is 7.72. The molecular weight excluding hydrogens is 256 g/mol. The molecule has 2 heterocycles. The average Bonchev–Trinajstić information content (AvgIpc) is 3.00. The van der Waals surface area contributed by atoms with Crippen LogP contribution in [0.1, 0.15) is 49.5 Å². The third-order valence-electron chi connectivity index (χ3n) is 2.83. The standard InChI is InChI=1S/C14H22N4S/c1-4-5-15-6-12-7-18(10-16-12)8-13-9-19-14(17-13)11(2)3/h7,9-11,15H,4-6,8H2,1-3H3. The van der Waals surface area contributed by atoms with Crippen LogP contribution in [-0.2, 0) is 13.1 Å². The van der Waals surface area contributed by atoms with Gasteiger partial charge in [0.05, 0.1) is 29.3 Å². The summed E-state index contributed by atoms with van der Waals surface area (Å²) in [6, 6.07) is 0. The van der Waals surface area contributed by atoms with Gasteiger partial charge in [-0.25, -0.2) is 9.97 Å². The van der Waals surface area contributed by atoms with Gasteiger partial charge >= 0.3 is 0 Å². The number of thiazole rings is 1. The van der Waals surface area contributed by atoms with Gasteiger partial charge in [0.25, 0.3) is 0 Å². The summed E-state index contributed by atoms with van der Waals surface area (Å²) < 4.78 is 2.10. The molecule has 0 saturated carbocycles. The van der Waals surface area contributed by atoms with Crippen molar-refractivity contribution >= 4 is 11.3 Å². The first-order valence-electron chi connectivity index (χ1n) is 6.84. The molecule has 0 saturated heterocycles. The molecule has 104 valence electrons. The fourth-order valence-electron chi connectivity index (χ4n) is 1.82. The number of imidazole rings is 1. The SMILES string of the molecule is CCCNCc1cn(Cc2csc(C(C)C)n2)cn1. The molecule has 0 aromatic carbocycles. The fourth-order valence-corrected chi connectivity index (χ4v) is 2.65. The van der Waals surface area contributed by atoms with E-state index in [0.717, 1.165) is 37.4 Å². The summed E-state index contributed by atoms with van der Waals surface area (Å²) in [6.45, 7) is 9.21. The van der Waals surface area contributed by atoms with Crippen LogP contribution in [0.5, 0.6) is 0 Å². The largest absolute Gasteiger partial charge is 0.331 e. The lowest BCUT2D eigenvalue weighted by atomic mass is 10.2. The first-order chi connectivity index (χ1) is 9.19. The minimum Gasteiger partial charge on any atom is -0.331 e. The van der Waals surface area contributed by atoms with Crippen LogP contribution in [0.3, 0.4) is 0 Å². The van der Waals surface area contributed by atoms with Gasteiger partial charge in [0, 0.05) is 24.0 Å². The highest BCUT2D eigenvalue weighted by molar-refractivity contribution is 7.09. The van der Waals surface area contributed by atoms with Crippen molar-refractivity contribution in [1.29, 1.82) is 0 Å². The Morgan fingerprint density at radius 3 is 2.89 bits per heavy atom. The molecule has 5 heteroatoms. The predicted octanol–water partition coefficient (Wildman–Crippen LogP) is 3.01. The Labute approximate surface area is 118 Å². The molecule has 0 aliphatic rings. The van der Waals surface area contributed by atoms with E-state index in [1.54, 1.807) is 11.3 Å². The molecule has 0 spiro atoms. The van der Waals surface area contributed by atoms with Crippen LogP contribution in [0.2, 0.25) is 0 Å². The summed E-state index contributed by atoms with van der Waals surface area (Å²) >= 11 is 1.74. The van der Waals surface area contributed by atoms with Crippen molar-refractivity contribution in [3.05, 3.63) is 34.3 Å². The molecule has 2 aromatic heterocycles. The van der Waals surface area contributed by atoms with E-state index in [2.05, 4.69) is 52.2 Å². The molecule has 0 atom stereocenters. The summed E-state index contributed by atoms with van der Waals surface area (Å²) in [5.41, 5.74) is 2.21. The number of aromatic nitrogens is 3. The van der Waals surface area contributed by atoms with E-state index in [0.29, 0.717) is 5.92 Å². The van der Waals surface area contributed by atoms with Gasteiger partial charge in [0.15, 0.2) is 0 Å². The molecule has 0 aliphatic carbocycles. The van der Waals surface area contributed by atoms with Gasteiger partial charge in [-0.05, 0) is 13.0 Å². The van der Waals surface area contributed by atoms with Gasteiger partial charge in [0.2, 0.25) is 0 Å².